The standard InChI is InChI=1S/C22H19N5O2S3/c1-14-9-21(30-12-14)17-5-7-26(24-17)19-4-3-16(32(23,28)29)11-20(19)27-8-6-18(25-27)22-10-15(2)13-31-22/h3-13H,1-2H3,(H2,23,28,29). The van der Waals surface area contributed by atoms with Gasteiger partial charge in [-0.25, -0.2) is 22.9 Å². The van der Waals surface area contributed by atoms with Gasteiger partial charge in [0.2, 0.25) is 10.0 Å². The van der Waals surface area contributed by atoms with Crippen molar-refractivity contribution in [1.82, 2.24) is 19.6 Å². The van der Waals surface area contributed by atoms with Gasteiger partial charge in [0.05, 0.1) is 26.0 Å². The van der Waals surface area contributed by atoms with E-state index in [2.05, 4.69) is 22.9 Å². The highest BCUT2D eigenvalue weighted by molar-refractivity contribution is 7.89. The third-order valence-electron chi connectivity index (χ3n) is 4.91. The quantitative estimate of drug-likeness (QED) is 0.391. The van der Waals surface area contributed by atoms with Crippen molar-refractivity contribution in [3.63, 3.8) is 0 Å². The van der Waals surface area contributed by atoms with E-state index in [9.17, 15) is 8.42 Å². The van der Waals surface area contributed by atoms with Crippen molar-refractivity contribution in [2.45, 2.75) is 18.7 Å². The molecule has 4 aromatic heterocycles. The normalized spacial score (nSPS) is 11.8. The van der Waals surface area contributed by atoms with Gasteiger partial charge in [-0.2, -0.15) is 10.2 Å². The fraction of sp³-hybridized carbons (Fsp3) is 0.0909. The van der Waals surface area contributed by atoms with Gasteiger partial charge >= 0.3 is 0 Å². The lowest BCUT2D eigenvalue weighted by molar-refractivity contribution is 0.597. The summed E-state index contributed by atoms with van der Waals surface area (Å²) in [5, 5.41) is 19.0. The van der Waals surface area contributed by atoms with Crippen molar-refractivity contribution in [3.8, 4) is 32.5 Å². The molecule has 0 bridgehead atoms. The number of aromatic nitrogens is 4. The fourth-order valence-corrected chi connectivity index (χ4v) is 5.63. The minimum atomic E-state index is -3.88. The van der Waals surface area contributed by atoms with Crippen LogP contribution in [0, 0.1) is 13.8 Å². The Hall–Kier alpha value is -3.05. The number of nitrogens with zero attached hydrogens (tertiary/aromatic N) is 4. The summed E-state index contributed by atoms with van der Waals surface area (Å²) in [6.07, 6.45) is 3.66. The van der Waals surface area contributed by atoms with Crippen molar-refractivity contribution >= 4 is 32.7 Å². The van der Waals surface area contributed by atoms with E-state index >= 15 is 0 Å². The molecule has 0 spiro atoms. The zero-order valence-corrected chi connectivity index (χ0v) is 19.7. The third kappa shape index (κ3) is 3.93. The largest absolute Gasteiger partial charge is 0.238 e. The van der Waals surface area contributed by atoms with Crippen LogP contribution in [-0.2, 0) is 10.0 Å². The van der Waals surface area contributed by atoms with Gasteiger partial charge in [0.25, 0.3) is 0 Å². The summed E-state index contributed by atoms with van der Waals surface area (Å²) in [5.41, 5.74) is 5.27. The first-order valence-corrected chi connectivity index (χ1v) is 13.0. The highest BCUT2D eigenvalue weighted by Crippen LogP contribution is 2.30. The zero-order valence-electron chi connectivity index (χ0n) is 17.3. The van der Waals surface area contributed by atoms with E-state index in [4.69, 9.17) is 15.3 Å². The molecule has 5 aromatic rings. The van der Waals surface area contributed by atoms with Gasteiger partial charge < -0.3 is 0 Å². The van der Waals surface area contributed by atoms with Crippen molar-refractivity contribution in [2.75, 3.05) is 0 Å². The number of nitrogens with two attached hydrogens (primary N) is 1. The molecule has 0 saturated heterocycles. The van der Waals surface area contributed by atoms with E-state index in [1.807, 2.05) is 38.4 Å². The van der Waals surface area contributed by atoms with Crippen LogP contribution in [0.3, 0.4) is 0 Å². The van der Waals surface area contributed by atoms with Crippen molar-refractivity contribution in [2.24, 2.45) is 5.14 Å². The maximum atomic E-state index is 12.0. The maximum absolute atomic E-state index is 12.0. The number of primary sulfonamides is 1. The lowest BCUT2D eigenvalue weighted by Crippen LogP contribution is -2.14. The highest BCUT2D eigenvalue weighted by Gasteiger charge is 2.17. The van der Waals surface area contributed by atoms with Gasteiger partial charge in [0, 0.05) is 12.4 Å². The van der Waals surface area contributed by atoms with Crippen LogP contribution in [0.5, 0.6) is 0 Å². The lowest BCUT2D eigenvalue weighted by atomic mass is 10.2. The van der Waals surface area contributed by atoms with Crippen LogP contribution in [-0.4, -0.2) is 28.0 Å². The zero-order chi connectivity index (χ0) is 22.5. The summed E-state index contributed by atoms with van der Waals surface area (Å²) in [6.45, 7) is 4.08. The van der Waals surface area contributed by atoms with Gasteiger partial charge in [0.1, 0.15) is 11.4 Å². The summed E-state index contributed by atoms with van der Waals surface area (Å²) in [6, 6.07) is 12.7. The van der Waals surface area contributed by atoms with E-state index in [1.54, 1.807) is 38.1 Å². The molecule has 0 aliphatic rings. The SMILES string of the molecule is Cc1csc(-c2ccn(-c3ccc(S(N)(=O)=O)cc3-n3ccc(-c4cc(C)cs4)n3)n2)c1. The molecule has 7 nitrogen and oxygen atoms in total. The second kappa shape index (κ2) is 7.82. The number of sulfonamides is 1. The van der Waals surface area contributed by atoms with Crippen LogP contribution in [0.1, 0.15) is 11.1 Å². The highest BCUT2D eigenvalue weighted by atomic mass is 32.2. The first-order chi connectivity index (χ1) is 15.3. The van der Waals surface area contributed by atoms with E-state index in [0.29, 0.717) is 11.4 Å². The Morgan fingerprint density at radius 2 is 1.31 bits per heavy atom. The molecule has 10 heteroatoms. The summed E-state index contributed by atoms with van der Waals surface area (Å²) in [7, 11) is -3.88. The Morgan fingerprint density at radius 1 is 0.781 bits per heavy atom. The van der Waals surface area contributed by atoms with E-state index in [-0.39, 0.29) is 4.90 Å². The van der Waals surface area contributed by atoms with Crippen LogP contribution < -0.4 is 5.14 Å². The number of hydrogen-bond acceptors (Lipinski definition) is 6. The smallest absolute Gasteiger partial charge is 0.238 e. The Kier molecular flexibility index (Phi) is 5.09. The number of rotatable bonds is 5. The van der Waals surface area contributed by atoms with Crippen LogP contribution >= 0.6 is 22.7 Å². The molecule has 0 atom stereocenters. The van der Waals surface area contributed by atoms with E-state index < -0.39 is 10.0 Å². The molecule has 0 amide bonds. The first-order valence-electron chi connectivity index (χ1n) is 9.68. The molecular formula is C22H19N5O2S3. The molecule has 4 heterocycles. The number of aryl methyl sites for hydroxylation is 2. The Labute approximate surface area is 193 Å². The van der Waals surface area contributed by atoms with E-state index in [1.165, 1.54) is 23.3 Å². The second-order valence-corrected chi connectivity index (χ2v) is 10.8. The number of thiophene rings is 2. The Bertz CT molecular complexity index is 1540. The predicted molar refractivity (Wildman–Crippen MR) is 128 cm³/mol. The summed E-state index contributed by atoms with van der Waals surface area (Å²) in [4.78, 5) is 2.12. The summed E-state index contributed by atoms with van der Waals surface area (Å²) < 4.78 is 27.4. The van der Waals surface area contributed by atoms with Crippen molar-refractivity contribution < 1.29 is 8.42 Å². The minimum Gasteiger partial charge on any atom is -0.238 e. The average molecular weight is 482 g/mol. The summed E-state index contributed by atoms with van der Waals surface area (Å²) >= 11 is 3.25. The monoisotopic (exact) mass is 481 g/mol. The molecule has 5 rings (SSSR count). The van der Waals surface area contributed by atoms with Gasteiger partial charge in [0.15, 0.2) is 0 Å². The predicted octanol–water partition coefficient (Wildman–Crippen LogP) is 4.78. The molecule has 1 aromatic carbocycles. The Morgan fingerprint density at radius 3 is 1.78 bits per heavy atom. The van der Waals surface area contributed by atoms with Gasteiger partial charge in [-0.3, -0.25) is 0 Å². The topological polar surface area (TPSA) is 95.8 Å². The second-order valence-electron chi connectivity index (χ2n) is 7.46. The van der Waals surface area contributed by atoms with Gasteiger partial charge in [-0.15, -0.1) is 22.7 Å². The van der Waals surface area contributed by atoms with Gasteiger partial charge in [-0.1, -0.05) is 0 Å². The minimum absolute atomic E-state index is 0.0153. The molecule has 0 unspecified atom stereocenters. The molecule has 0 aliphatic heterocycles. The maximum Gasteiger partial charge on any atom is 0.238 e. The third-order valence-corrected chi connectivity index (χ3v) is 7.97. The van der Waals surface area contributed by atoms with Crippen LogP contribution in [0.25, 0.3) is 32.5 Å². The molecule has 0 saturated carbocycles. The van der Waals surface area contributed by atoms with Crippen LogP contribution in [0.15, 0.2) is 70.5 Å². The van der Waals surface area contributed by atoms with Crippen molar-refractivity contribution in [3.05, 3.63) is 76.7 Å². The fourth-order valence-electron chi connectivity index (χ4n) is 3.37. The molecule has 162 valence electrons. The molecule has 0 radical (unpaired) electrons. The summed E-state index contributed by atoms with van der Waals surface area (Å²) in [5.74, 6) is 0. The van der Waals surface area contributed by atoms with Gasteiger partial charge in [-0.05, 0) is 78.2 Å². The molecule has 0 fully saturated rings. The molecule has 2 N–H and O–H groups in total. The van der Waals surface area contributed by atoms with Crippen molar-refractivity contribution in [1.29, 1.82) is 0 Å². The number of hydrogen-bond donors (Lipinski definition) is 1. The average Bonchev–Trinajstić information content (AvgIpc) is 3.53. The molecule has 32 heavy (non-hydrogen) atoms. The number of benzene rings is 1. The van der Waals surface area contributed by atoms with E-state index in [0.717, 1.165) is 21.1 Å². The molecule has 0 aliphatic carbocycles. The first kappa shape index (κ1) is 20.8. The Balaban J connectivity index is 1.63. The van der Waals surface area contributed by atoms with Crippen LogP contribution in [0.4, 0.5) is 0 Å². The molecular weight excluding hydrogens is 462 g/mol. The van der Waals surface area contributed by atoms with Crippen LogP contribution in [0.2, 0.25) is 0 Å². The lowest BCUT2D eigenvalue weighted by Gasteiger charge is -2.11.